The smallest absolute Gasteiger partial charge is 0.125 e. The zero-order valence-electron chi connectivity index (χ0n) is 9.92. The molecule has 0 amide bonds. The van der Waals surface area contributed by atoms with Crippen LogP contribution in [0.15, 0.2) is 24.3 Å². The number of nitrogens with one attached hydrogen (secondary N) is 2. The van der Waals surface area contributed by atoms with Crippen LogP contribution in [0, 0.1) is 12.7 Å². The highest BCUT2D eigenvalue weighted by Crippen LogP contribution is 2.31. The first-order valence-electron chi connectivity index (χ1n) is 5.71. The van der Waals surface area contributed by atoms with Crippen LogP contribution in [0.4, 0.5) is 4.39 Å². The number of aryl methyl sites for hydroxylation is 1. The van der Waals surface area contributed by atoms with Crippen molar-refractivity contribution in [3.8, 4) is 11.3 Å². The lowest BCUT2D eigenvalue weighted by molar-refractivity contribution is 0.629. The van der Waals surface area contributed by atoms with Gasteiger partial charge in [-0.15, -0.1) is 0 Å². The molecule has 92 valence electrons. The van der Waals surface area contributed by atoms with Crippen LogP contribution in [0.25, 0.3) is 22.2 Å². The van der Waals surface area contributed by atoms with E-state index in [-0.39, 0.29) is 5.82 Å². The maximum Gasteiger partial charge on any atom is 0.125 e. The third-order valence-corrected chi connectivity index (χ3v) is 3.06. The number of benzene rings is 1. The molecule has 0 saturated carbocycles. The fraction of sp³-hybridized carbons (Fsp3) is 0.154. The molecule has 0 aliphatic heterocycles. The molecule has 0 saturated heterocycles. The second kappa shape index (κ2) is 3.96. The average molecular weight is 244 g/mol. The van der Waals surface area contributed by atoms with Gasteiger partial charge in [-0.05, 0) is 31.2 Å². The summed E-state index contributed by atoms with van der Waals surface area (Å²) in [6.07, 6.45) is 0. The molecule has 0 atom stereocenters. The topological polar surface area (TPSA) is 70.5 Å². The van der Waals surface area contributed by atoms with Crippen LogP contribution in [0.2, 0.25) is 0 Å². The number of aromatic nitrogens is 3. The largest absolute Gasteiger partial charge is 0.358 e. The molecule has 0 spiro atoms. The van der Waals surface area contributed by atoms with Gasteiger partial charge < -0.3 is 10.7 Å². The monoisotopic (exact) mass is 244 g/mol. The molecule has 5 heteroatoms. The van der Waals surface area contributed by atoms with Crippen molar-refractivity contribution >= 4 is 10.9 Å². The van der Waals surface area contributed by atoms with E-state index in [0.717, 1.165) is 33.5 Å². The molecule has 3 rings (SSSR count). The molecule has 0 aliphatic carbocycles. The quantitative estimate of drug-likeness (QED) is 0.648. The number of hydrogen-bond acceptors (Lipinski definition) is 2. The van der Waals surface area contributed by atoms with Gasteiger partial charge in [-0.2, -0.15) is 5.10 Å². The van der Waals surface area contributed by atoms with Gasteiger partial charge in [-0.25, -0.2) is 4.39 Å². The van der Waals surface area contributed by atoms with Crippen LogP contribution in [-0.2, 0) is 6.54 Å². The van der Waals surface area contributed by atoms with Gasteiger partial charge in [-0.1, -0.05) is 0 Å². The Bertz CT molecular complexity index is 711. The van der Waals surface area contributed by atoms with E-state index < -0.39 is 0 Å². The minimum Gasteiger partial charge on any atom is -0.358 e. The first kappa shape index (κ1) is 11.0. The van der Waals surface area contributed by atoms with Gasteiger partial charge in [0.05, 0.1) is 5.69 Å². The highest BCUT2D eigenvalue weighted by Gasteiger charge is 2.13. The van der Waals surface area contributed by atoms with Gasteiger partial charge in [0.1, 0.15) is 5.82 Å². The zero-order chi connectivity index (χ0) is 12.7. The minimum absolute atomic E-state index is 0.250. The van der Waals surface area contributed by atoms with Crippen molar-refractivity contribution in [2.24, 2.45) is 5.73 Å². The molecule has 2 aromatic heterocycles. The van der Waals surface area contributed by atoms with Gasteiger partial charge in [0.2, 0.25) is 0 Å². The number of H-pyrrole nitrogens is 2. The van der Waals surface area contributed by atoms with E-state index in [4.69, 9.17) is 5.73 Å². The first-order valence-corrected chi connectivity index (χ1v) is 5.71. The number of fused-ring (bicyclic) bond motifs is 1. The van der Waals surface area contributed by atoms with Crippen molar-refractivity contribution in [3.05, 3.63) is 41.5 Å². The van der Waals surface area contributed by atoms with Gasteiger partial charge >= 0.3 is 0 Å². The van der Waals surface area contributed by atoms with Crippen molar-refractivity contribution in [2.75, 3.05) is 0 Å². The van der Waals surface area contributed by atoms with Crippen molar-refractivity contribution in [1.82, 2.24) is 15.2 Å². The molecular weight excluding hydrogens is 231 g/mol. The summed E-state index contributed by atoms with van der Waals surface area (Å²) in [4.78, 5) is 3.17. The molecule has 0 bridgehead atoms. The number of hydrogen-bond donors (Lipinski definition) is 3. The molecule has 4 nitrogen and oxygen atoms in total. The van der Waals surface area contributed by atoms with E-state index in [1.807, 2.05) is 13.0 Å². The maximum atomic E-state index is 13.2. The maximum absolute atomic E-state index is 13.2. The van der Waals surface area contributed by atoms with E-state index >= 15 is 0 Å². The molecule has 0 radical (unpaired) electrons. The van der Waals surface area contributed by atoms with Crippen molar-refractivity contribution in [2.45, 2.75) is 13.5 Å². The normalized spacial score (nSPS) is 11.3. The SMILES string of the molecule is Cc1[nH]c2cc(F)ccc2c1-c1cc(CN)[nH]n1. The third-order valence-electron chi connectivity index (χ3n) is 3.06. The van der Waals surface area contributed by atoms with Gasteiger partial charge in [0.25, 0.3) is 0 Å². The molecule has 1 aromatic carbocycles. The molecule has 0 unspecified atom stereocenters. The Labute approximate surface area is 103 Å². The van der Waals surface area contributed by atoms with Crippen molar-refractivity contribution < 1.29 is 4.39 Å². The summed E-state index contributed by atoms with van der Waals surface area (Å²) < 4.78 is 13.2. The predicted molar refractivity (Wildman–Crippen MR) is 68.5 cm³/mol. The van der Waals surface area contributed by atoms with Crippen molar-refractivity contribution in [1.29, 1.82) is 0 Å². The highest BCUT2D eigenvalue weighted by molar-refractivity contribution is 5.96. The van der Waals surface area contributed by atoms with Gasteiger partial charge in [-0.3, -0.25) is 5.10 Å². The number of halogens is 1. The summed E-state index contributed by atoms with van der Waals surface area (Å²) in [7, 11) is 0. The number of rotatable bonds is 2. The lowest BCUT2D eigenvalue weighted by Gasteiger charge is -1.96. The Hall–Kier alpha value is -2.14. The van der Waals surface area contributed by atoms with Crippen LogP contribution >= 0.6 is 0 Å². The summed E-state index contributed by atoms with van der Waals surface area (Å²) in [5.41, 5.74) is 9.99. The van der Waals surface area contributed by atoms with E-state index in [0.29, 0.717) is 6.54 Å². The molecule has 18 heavy (non-hydrogen) atoms. The first-order chi connectivity index (χ1) is 8.69. The highest BCUT2D eigenvalue weighted by atomic mass is 19.1. The number of nitrogens with two attached hydrogens (primary N) is 1. The summed E-state index contributed by atoms with van der Waals surface area (Å²) >= 11 is 0. The Kier molecular flexibility index (Phi) is 2.41. The van der Waals surface area contributed by atoms with E-state index in [1.165, 1.54) is 12.1 Å². The lowest BCUT2D eigenvalue weighted by atomic mass is 10.1. The molecule has 0 aliphatic rings. The van der Waals surface area contributed by atoms with Crippen LogP contribution in [0.3, 0.4) is 0 Å². The third kappa shape index (κ3) is 1.60. The van der Waals surface area contributed by atoms with Crippen LogP contribution in [0.1, 0.15) is 11.4 Å². The van der Waals surface area contributed by atoms with E-state index in [1.54, 1.807) is 6.07 Å². The van der Waals surface area contributed by atoms with E-state index in [9.17, 15) is 4.39 Å². The minimum atomic E-state index is -0.250. The Balaban J connectivity index is 2.24. The van der Waals surface area contributed by atoms with Gasteiger partial charge in [0, 0.05) is 34.4 Å². The fourth-order valence-electron chi connectivity index (χ4n) is 2.23. The Morgan fingerprint density at radius 1 is 1.33 bits per heavy atom. The van der Waals surface area contributed by atoms with Crippen LogP contribution in [-0.4, -0.2) is 15.2 Å². The number of nitrogens with zero attached hydrogens (tertiary/aromatic N) is 1. The summed E-state index contributed by atoms with van der Waals surface area (Å²) in [6, 6.07) is 6.62. The Morgan fingerprint density at radius 3 is 2.89 bits per heavy atom. The second-order valence-corrected chi connectivity index (χ2v) is 4.30. The lowest BCUT2D eigenvalue weighted by Crippen LogP contribution is -1.95. The van der Waals surface area contributed by atoms with E-state index in [2.05, 4.69) is 15.2 Å². The predicted octanol–water partition coefficient (Wildman–Crippen LogP) is 2.46. The molecule has 3 aromatic rings. The summed E-state index contributed by atoms with van der Waals surface area (Å²) in [5.74, 6) is -0.250. The van der Waals surface area contributed by atoms with Crippen molar-refractivity contribution in [3.63, 3.8) is 0 Å². The van der Waals surface area contributed by atoms with Gasteiger partial charge in [0.15, 0.2) is 0 Å². The zero-order valence-corrected chi connectivity index (χ0v) is 9.92. The average Bonchev–Trinajstić information content (AvgIpc) is 2.91. The van der Waals surface area contributed by atoms with Crippen LogP contribution < -0.4 is 5.73 Å². The molecule has 4 N–H and O–H groups in total. The summed E-state index contributed by atoms with van der Waals surface area (Å²) in [5, 5.41) is 8.09. The fourth-order valence-corrected chi connectivity index (χ4v) is 2.23. The van der Waals surface area contributed by atoms with Crippen LogP contribution in [0.5, 0.6) is 0 Å². The Morgan fingerprint density at radius 2 is 2.17 bits per heavy atom. The second-order valence-electron chi connectivity index (χ2n) is 4.30. The standard InChI is InChI=1S/C13H13FN4/c1-7-13(12-5-9(6-15)17-18-12)10-3-2-8(14)4-11(10)16-7/h2-5,16H,6,15H2,1H3,(H,17,18). The molecular formula is C13H13FN4. The molecule has 2 heterocycles. The molecule has 0 fully saturated rings. The number of aromatic amines is 2. The summed E-state index contributed by atoms with van der Waals surface area (Å²) in [6.45, 7) is 2.37.